The van der Waals surface area contributed by atoms with Gasteiger partial charge in [-0.25, -0.2) is 28.6 Å². The number of aromatic nitrogens is 4. The van der Waals surface area contributed by atoms with E-state index in [1.807, 2.05) is 0 Å². The molecule has 7 atom stereocenters. The Labute approximate surface area is 349 Å². The molecule has 0 spiro atoms. The van der Waals surface area contributed by atoms with Gasteiger partial charge in [-0.2, -0.15) is 4.31 Å². The number of imidazole rings is 1. The van der Waals surface area contributed by atoms with Gasteiger partial charge in [0.2, 0.25) is 11.8 Å². The lowest BCUT2D eigenvalue weighted by Crippen LogP contribution is -2.46. The quantitative estimate of drug-likeness (QED) is 0.0351. The summed E-state index contributed by atoms with van der Waals surface area (Å²) in [6, 6.07) is 0. The minimum atomic E-state index is -5.57. The molecule has 0 saturated carbocycles. The Morgan fingerprint density at radius 3 is 2.37 bits per heavy atom. The Balaban J connectivity index is 1.41. The lowest BCUT2D eigenvalue weighted by molar-refractivity contribution is -0.137. The molecule has 1 aliphatic rings. The predicted octanol–water partition coefficient (Wildman–Crippen LogP) is 1.97. The number of fused-ring (bicyclic) bond motifs is 1. The third-order valence-corrected chi connectivity index (χ3v) is 12.7. The Morgan fingerprint density at radius 2 is 1.68 bits per heavy atom. The smallest absolute Gasteiger partial charge is 0.386 e. The van der Waals surface area contributed by atoms with Crippen LogP contribution in [0.5, 0.6) is 0 Å². The van der Waals surface area contributed by atoms with Crippen molar-refractivity contribution in [3.05, 3.63) is 24.8 Å². The van der Waals surface area contributed by atoms with Crippen molar-refractivity contribution in [2.75, 3.05) is 37.8 Å². The van der Waals surface area contributed by atoms with Gasteiger partial charge in [-0.3, -0.25) is 32.5 Å². The highest BCUT2D eigenvalue weighted by Gasteiger charge is 2.50. The molecule has 0 aromatic carbocycles. The molecule has 60 heavy (non-hydrogen) atoms. The zero-order valence-corrected chi connectivity index (χ0v) is 36.7. The van der Waals surface area contributed by atoms with E-state index >= 15 is 0 Å². The highest BCUT2D eigenvalue weighted by Crippen LogP contribution is 2.61. The van der Waals surface area contributed by atoms with E-state index in [0.717, 1.165) is 67.5 Å². The number of nitrogens with two attached hydrogens (primary N) is 1. The third-order valence-electron chi connectivity index (χ3n) is 8.66. The number of nitrogens with one attached hydrogen (secondary N) is 2. The summed E-state index contributed by atoms with van der Waals surface area (Å²) in [7, 11) is -16.4. The molecule has 3 heterocycles. The van der Waals surface area contributed by atoms with E-state index in [2.05, 4.69) is 53.5 Å². The second kappa shape index (κ2) is 23.7. The maximum absolute atomic E-state index is 12.7. The number of anilines is 1. The van der Waals surface area contributed by atoms with Crippen molar-refractivity contribution in [3.63, 3.8) is 0 Å². The minimum Gasteiger partial charge on any atom is -0.386 e. The van der Waals surface area contributed by atoms with Crippen molar-refractivity contribution in [2.45, 2.75) is 103 Å². The molecule has 10 N–H and O–H groups in total. The predicted molar refractivity (Wildman–Crippen MR) is 214 cm³/mol. The summed E-state index contributed by atoms with van der Waals surface area (Å²) in [5, 5.41) is 26.5. The van der Waals surface area contributed by atoms with Gasteiger partial charge in [0.1, 0.15) is 36.3 Å². The molecule has 1 aliphatic heterocycles. The molecule has 24 nitrogen and oxygen atoms in total. The van der Waals surface area contributed by atoms with E-state index in [0.29, 0.717) is 12.2 Å². The summed E-state index contributed by atoms with van der Waals surface area (Å²) in [6.07, 6.45) is 3.89. The molecule has 0 bridgehead atoms. The molecule has 28 heteroatoms. The van der Waals surface area contributed by atoms with Gasteiger partial charge < -0.3 is 50.9 Å². The number of allylic oxidation sites excluding steroid dienone is 2. The van der Waals surface area contributed by atoms with Crippen LogP contribution in [-0.4, -0.2) is 123 Å². The molecule has 340 valence electrons. The van der Waals surface area contributed by atoms with E-state index in [1.54, 1.807) is 0 Å². The van der Waals surface area contributed by atoms with Gasteiger partial charge in [0, 0.05) is 37.1 Å². The molecule has 1 saturated heterocycles. The lowest BCUT2D eigenvalue weighted by Gasteiger charge is -2.30. The van der Waals surface area contributed by atoms with Gasteiger partial charge in [-0.05, 0) is 25.7 Å². The monoisotopic (exact) mass is 933 g/mol. The molecule has 2 amide bonds. The number of nitrogen functional groups attached to an aromatic ring is 1. The summed E-state index contributed by atoms with van der Waals surface area (Å²) in [5.74, 6) is -1.05. The van der Waals surface area contributed by atoms with Crippen molar-refractivity contribution in [2.24, 2.45) is 5.41 Å². The van der Waals surface area contributed by atoms with Crippen molar-refractivity contribution in [3.8, 4) is 0 Å². The van der Waals surface area contributed by atoms with Crippen molar-refractivity contribution in [1.29, 1.82) is 0 Å². The van der Waals surface area contributed by atoms with Crippen LogP contribution in [0.1, 0.15) is 78.4 Å². The number of thioether (sulfide) groups is 1. The fourth-order valence-electron chi connectivity index (χ4n) is 5.46. The Kier molecular flexibility index (Phi) is 20.4. The zero-order valence-electron chi connectivity index (χ0n) is 33.2. The van der Waals surface area contributed by atoms with Crippen LogP contribution in [0, 0.1) is 5.41 Å². The second-order valence-corrected chi connectivity index (χ2v) is 19.5. The first kappa shape index (κ1) is 51.6. The fraction of sp³-hybridized carbons (Fsp3) is 0.688. The summed E-state index contributed by atoms with van der Waals surface area (Å²) in [5.41, 5.74) is 4.27. The topological polar surface area (TPSA) is 364 Å². The number of phosphoric acid groups is 3. The van der Waals surface area contributed by atoms with Crippen LogP contribution in [0.15, 0.2) is 24.8 Å². The Bertz CT molecular complexity index is 1920. The van der Waals surface area contributed by atoms with Gasteiger partial charge >= 0.3 is 23.5 Å². The molecular formula is C32H54N7O17P3S. The number of nitrogens with zero attached hydrogens (tertiary/aromatic N) is 4. The lowest BCUT2D eigenvalue weighted by atomic mass is 9.87. The maximum Gasteiger partial charge on any atom is 0.481 e. The SMILES string of the molecule is CCCC/C=C/CCCCC(=O)SCCNC(=O)CCNC(=O)C(O)C(C)(C)COP(=O)(O)OP(=O)(O)OCC1OC(n2cnc3c(N)ncnc32)C(O)C1OP(=O)(O)O. The summed E-state index contributed by atoms with van der Waals surface area (Å²) in [6.45, 7) is 2.68. The highest BCUT2D eigenvalue weighted by atomic mass is 32.2. The van der Waals surface area contributed by atoms with Crippen molar-refractivity contribution < 1.29 is 80.5 Å². The van der Waals surface area contributed by atoms with Gasteiger partial charge in [0.25, 0.3) is 0 Å². The Morgan fingerprint density at radius 1 is 1.00 bits per heavy atom. The molecule has 0 aliphatic carbocycles. The Hall–Kier alpha value is -2.70. The van der Waals surface area contributed by atoms with Gasteiger partial charge in [-0.1, -0.05) is 57.5 Å². The summed E-state index contributed by atoms with van der Waals surface area (Å²) in [4.78, 5) is 87.9. The standard InChI is InChI=1S/C32H54N7O17P3S/c1-4-5-6-7-8-9-10-11-12-23(41)60-16-15-34-22(40)13-14-35-30(44)27(43)32(2,3)18-53-59(50,51)56-58(48,49)52-17-21-26(55-57(45,46)47)25(42)31(54-21)39-20-38-24-28(33)36-19-37-29(24)39/h7-8,19-21,25-27,31,42-43H,4-6,9-18H2,1-3H3,(H,34,40)(H,35,44)(H,48,49)(H,50,51)(H2,33,36,37)(H2,45,46,47)/b8-7+. The average Bonchev–Trinajstić information content (AvgIpc) is 3.72. The third kappa shape index (κ3) is 17.2. The molecule has 3 rings (SSSR count). The number of hydrogen-bond donors (Lipinski definition) is 9. The number of hydrogen-bond acceptors (Lipinski definition) is 18. The van der Waals surface area contributed by atoms with Gasteiger partial charge in [-0.15, -0.1) is 0 Å². The second-order valence-electron chi connectivity index (χ2n) is 14.1. The van der Waals surface area contributed by atoms with E-state index < -0.39 is 84.6 Å². The van der Waals surface area contributed by atoms with E-state index in [4.69, 9.17) is 19.5 Å². The van der Waals surface area contributed by atoms with E-state index in [1.165, 1.54) is 13.8 Å². The van der Waals surface area contributed by atoms with Crippen molar-refractivity contribution in [1.82, 2.24) is 30.2 Å². The molecule has 7 unspecified atom stereocenters. The summed E-state index contributed by atoms with van der Waals surface area (Å²) < 4.78 is 62.2. The minimum absolute atomic E-state index is 0.0319. The number of carbonyl (C=O) groups excluding carboxylic acids is 3. The normalized spacial score (nSPS) is 21.1. The number of phosphoric ester groups is 3. The van der Waals surface area contributed by atoms with Crippen LogP contribution < -0.4 is 16.4 Å². The number of rotatable bonds is 27. The first-order valence-corrected chi connectivity index (χ1v) is 24.3. The maximum atomic E-state index is 12.7. The number of amides is 2. The van der Waals surface area contributed by atoms with E-state index in [-0.39, 0.29) is 41.6 Å². The largest absolute Gasteiger partial charge is 0.481 e. The number of carbonyl (C=O) groups is 3. The van der Waals surface area contributed by atoms with Crippen LogP contribution >= 0.6 is 35.2 Å². The average molecular weight is 934 g/mol. The van der Waals surface area contributed by atoms with Crippen molar-refractivity contribution >= 4 is 69.1 Å². The molecule has 2 aromatic rings. The molecule has 2 aromatic heterocycles. The first-order valence-electron chi connectivity index (χ1n) is 18.8. The summed E-state index contributed by atoms with van der Waals surface area (Å²) >= 11 is 1.13. The highest BCUT2D eigenvalue weighted by molar-refractivity contribution is 8.13. The van der Waals surface area contributed by atoms with Crippen LogP contribution in [0.25, 0.3) is 11.2 Å². The number of ether oxygens (including phenoxy) is 1. The van der Waals surface area contributed by atoms with Crippen LogP contribution in [-0.2, 0) is 50.7 Å². The number of aliphatic hydroxyl groups is 2. The zero-order chi connectivity index (χ0) is 44.7. The van der Waals surface area contributed by atoms with Crippen LogP contribution in [0.3, 0.4) is 0 Å². The molecular weight excluding hydrogens is 879 g/mol. The van der Waals surface area contributed by atoms with E-state index in [9.17, 15) is 57.9 Å². The fourth-order valence-corrected chi connectivity index (χ4v) is 9.01. The van der Waals surface area contributed by atoms with Crippen LogP contribution in [0.2, 0.25) is 0 Å². The van der Waals surface area contributed by atoms with Gasteiger partial charge in [0.15, 0.2) is 22.8 Å². The number of unbranched alkanes of at least 4 members (excludes halogenated alkanes) is 4. The van der Waals surface area contributed by atoms with Gasteiger partial charge in [0.05, 0.1) is 19.5 Å². The molecule has 0 radical (unpaired) electrons. The number of aliphatic hydroxyl groups excluding tert-OH is 2. The molecule has 1 fully saturated rings. The van der Waals surface area contributed by atoms with Crippen LogP contribution in [0.4, 0.5) is 5.82 Å². The first-order chi connectivity index (χ1) is 28.1.